The summed E-state index contributed by atoms with van der Waals surface area (Å²) in [5.74, 6) is 0. The van der Waals surface area contributed by atoms with Crippen molar-refractivity contribution < 1.29 is 0 Å². The van der Waals surface area contributed by atoms with Gasteiger partial charge in [0.15, 0.2) is 0 Å². The monoisotopic (exact) mass is 155 g/mol. The molecule has 0 amide bonds. The van der Waals surface area contributed by atoms with E-state index in [-0.39, 0.29) is 0 Å². The van der Waals surface area contributed by atoms with Crippen LogP contribution >= 0.6 is 11.8 Å². The highest BCUT2D eigenvalue weighted by atomic mass is 32.2. The molecule has 0 aromatic heterocycles. The van der Waals surface area contributed by atoms with Crippen LogP contribution in [0.15, 0.2) is 23.6 Å². The van der Waals surface area contributed by atoms with E-state index in [0.29, 0.717) is 5.25 Å². The van der Waals surface area contributed by atoms with Gasteiger partial charge in [0.25, 0.3) is 0 Å². The molecule has 0 spiro atoms. The third kappa shape index (κ3) is 1.89. The van der Waals surface area contributed by atoms with Crippen molar-refractivity contribution in [3.8, 4) is 0 Å². The maximum absolute atomic E-state index is 3.95. The molecular weight excluding hydrogens is 142 g/mol. The molecule has 10 heavy (non-hydrogen) atoms. The van der Waals surface area contributed by atoms with Crippen LogP contribution in [0, 0.1) is 0 Å². The lowest BCUT2D eigenvalue weighted by molar-refractivity contribution is 0.420. The van der Waals surface area contributed by atoms with Gasteiger partial charge in [-0.15, -0.1) is 11.8 Å². The summed E-state index contributed by atoms with van der Waals surface area (Å²) in [6.45, 7) is 5.05. The lowest BCUT2D eigenvalue weighted by Gasteiger charge is -2.15. The minimum Gasteiger partial charge on any atom is -0.308 e. The van der Waals surface area contributed by atoms with Crippen molar-refractivity contribution in [1.82, 2.24) is 4.90 Å². The molecule has 56 valence electrons. The van der Waals surface area contributed by atoms with Crippen LogP contribution in [-0.2, 0) is 0 Å². The Morgan fingerprint density at radius 3 is 2.80 bits per heavy atom. The standard InChI is InChI=1S/C8H13NS/c1-7-4-5-10-8(7)6-9(2)3/h4-5,8H,1,6H2,2-3H3. The highest BCUT2D eigenvalue weighted by Crippen LogP contribution is 2.27. The Hall–Kier alpha value is -0.210. The third-order valence-electron chi connectivity index (χ3n) is 1.47. The van der Waals surface area contributed by atoms with E-state index in [4.69, 9.17) is 0 Å². The molecule has 1 atom stereocenters. The fourth-order valence-corrected chi connectivity index (χ4v) is 1.99. The van der Waals surface area contributed by atoms with Crippen LogP contribution in [-0.4, -0.2) is 30.8 Å². The molecule has 1 nitrogen and oxygen atoms in total. The van der Waals surface area contributed by atoms with E-state index in [1.807, 2.05) is 11.8 Å². The van der Waals surface area contributed by atoms with Crippen LogP contribution in [0.4, 0.5) is 0 Å². The van der Waals surface area contributed by atoms with Crippen LogP contribution in [0.1, 0.15) is 0 Å². The Labute approximate surface area is 66.8 Å². The topological polar surface area (TPSA) is 3.24 Å². The van der Waals surface area contributed by atoms with Gasteiger partial charge in [-0.25, -0.2) is 0 Å². The lowest BCUT2D eigenvalue weighted by atomic mass is 10.2. The van der Waals surface area contributed by atoms with Gasteiger partial charge in [0, 0.05) is 11.8 Å². The molecule has 0 fully saturated rings. The van der Waals surface area contributed by atoms with Gasteiger partial charge in [-0.1, -0.05) is 12.7 Å². The van der Waals surface area contributed by atoms with Crippen molar-refractivity contribution in [2.45, 2.75) is 5.25 Å². The maximum atomic E-state index is 3.95. The number of allylic oxidation sites excluding steroid dienone is 1. The van der Waals surface area contributed by atoms with Crippen LogP contribution in [0.5, 0.6) is 0 Å². The van der Waals surface area contributed by atoms with Gasteiger partial charge >= 0.3 is 0 Å². The molecule has 1 unspecified atom stereocenters. The maximum Gasteiger partial charge on any atom is 0.0459 e. The molecular formula is C8H13NS. The van der Waals surface area contributed by atoms with Gasteiger partial charge in [-0.05, 0) is 25.1 Å². The van der Waals surface area contributed by atoms with E-state index in [9.17, 15) is 0 Å². The largest absolute Gasteiger partial charge is 0.308 e. The summed E-state index contributed by atoms with van der Waals surface area (Å²) in [5, 5.41) is 2.71. The van der Waals surface area contributed by atoms with Crippen LogP contribution < -0.4 is 0 Å². The summed E-state index contributed by atoms with van der Waals surface area (Å²) in [7, 11) is 4.18. The molecule has 0 saturated carbocycles. The van der Waals surface area contributed by atoms with Gasteiger partial charge in [-0.3, -0.25) is 0 Å². The van der Waals surface area contributed by atoms with Crippen LogP contribution in [0.3, 0.4) is 0 Å². The summed E-state index contributed by atoms with van der Waals surface area (Å²) in [6.07, 6.45) is 2.10. The smallest absolute Gasteiger partial charge is 0.0459 e. The zero-order chi connectivity index (χ0) is 7.56. The first-order valence-electron chi connectivity index (χ1n) is 3.35. The minimum atomic E-state index is 0.593. The lowest BCUT2D eigenvalue weighted by Crippen LogP contribution is -2.22. The summed E-state index contributed by atoms with van der Waals surface area (Å²) in [5.41, 5.74) is 1.25. The number of hydrogen-bond acceptors (Lipinski definition) is 2. The quantitative estimate of drug-likeness (QED) is 0.597. The molecule has 0 radical (unpaired) electrons. The van der Waals surface area contributed by atoms with Crippen molar-refractivity contribution in [2.24, 2.45) is 0 Å². The van der Waals surface area contributed by atoms with Gasteiger partial charge in [0.05, 0.1) is 0 Å². The predicted molar refractivity (Wildman–Crippen MR) is 48.2 cm³/mol. The van der Waals surface area contributed by atoms with E-state index in [1.54, 1.807) is 0 Å². The second kappa shape index (κ2) is 3.26. The summed E-state index contributed by atoms with van der Waals surface area (Å²) in [6, 6.07) is 0. The SMILES string of the molecule is C=C1C=CSC1CN(C)C. The zero-order valence-corrected chi connectivity index (χ0v) is 7.32. The second-order valence-electron chi connectivity index (χ2n) is 2.76. The fraction of sp³-hybridized carbons (Fsp3) is 0.500. The van der Waals surface area contributed by atoms with Gasteiger partial charge in [0.2, 0.25) is 0 Å². The van der Waals surface area contributed by atoms with E-state index in [2.05, 4.69) is 37.1 Å². The first-order valence-corrected chi connectivity index (χ1v) is 4.30. The third-order valence-corrected chi connectivity index (χ3v) is 2.54. The number of rotatable bonds is 2. The van der Waals surface area contributed by atoms with E-state index < -0.39 is 0 Å². The molecule has 0 aromatic rings. The average molecular weight is 155 g/mol. The normalized spacial score (nSPS) is 24.7. The number of hydrogen-bond donors (Lipinski definition) is 0. The molecule has 0 saturated heterocycles. The molecule has 0 aromatic carbocycles. The Balaban J connectivity index is 2.37. The van der Waals surface area contributed by atoms with E-state index in [1.165, 1.54) is 5.57 Å². The van der Waals surface area contributed by atoms with Gasteiger partial charge in [-0.2, -0.15) is 0 Å². The molecule has 0 N–H and O–H groups in total. The first-order chi connectivity index (χ1) is 4.70. The Kier molecular flexibility index (Phi) is 2.57. The molecule has 0 aliphatic carbocycles. The first kappa shape index (κ1) is 7.89. The average Bonchev–Trinajstić information content (AvgIpc) is 2.15. The van der Waals surface area contributed by atoms with Crippen LogP contribution in [0.25, 0.3) is 0 Å². The van der Waals surface area contributed by atoms with Crippen molar-refractivity contribution >= 4 is 11.8 Å². The summed E-state index contributed by atoms with van der Waals surface area (Å²) < 4.78 is 0. The molecule has 0 bridgehead atoms. The minimum absolute atomic E-state index is 0.593. The van der Waals surface area contributed by atoms with E-state index in [0.717, 1.165) is 6.54 Å². The van der Waals surface area contributed by atoms with Gasteiger partial charge < -0.3 is 4.90 Å². The number of nitrogens with zero attached hydrogens (tertiary/aromatic N) is 1. The van der Waals surface area contributed by atoms with E-state index >= 15 is 0 Å². The molecule has 1 aliphatic rings. The fourth-order valence-electron chi connectivity index (χ4n) is 0.908. The molecule has 1 aliphatic heterocycles. The van der Waals surface area contributed by atoms with Crippen molar-refractivity contribution in [3.63, 3.8) is 0 Å². The van der Waals surface area contributed by atoms with Crippen LogP contribution in [0.2, 0.25) is 0 Å². The Bertz CT molecular complexity index is 161. The molecule has 1 rings (SSSR count). The Morgan fingerprint density at radius 2 is 2.40 bits per heavy atom. The van der Waals surface area contributed by atoms with Gasteiger partial charge in [0.1, 0.15) is 0 Å². The highest BCUT2D eigenvalue weighted by Gasteiger charge is 2.14. The van der Waals surface area contributed by atoms with Crippen molar-refractivity contribution in [2.75, 3.05) is 20.6 Å². The summed E-state index contributed by atoms with van der Waals surface area (Å²) in [4.78, 5) is 2.19. The highest BCUT2D eigenvalue weighted by molar-refractivity contribution is 8.03. The van der Waals surface area contributed by atoms with Crippen molar-refractivity contribution in [1.29, 1.82) is 0 Å². The molecule has 1 heterocycles. The van der Waals surface area contributed by atoms with Crippen molar-refractivity contribution in [3.05, 3.63) is 23.6 Å². The zero-order valence-electron chi connectivity index (χ0n) is 6.50. The summed E-state index contributed by atoms with van der Waals surface area (Å²) >= 11 is 1.86. The number of thioether (sulfide) groups is 1. The predicted octanol–water partition coefficient (Wildman–Crippen LogP) is 1.73. The second-order valence-corrected chi connectivity index (χ2v) is 3.88. The Morgan fingerprint density at radius 1 is 1.70 bits per heavy atom. The molecule has 2 heteroatoms.